The van der Waals surface area contributed by atoms with Gasteiger partial charge in [0.2, 0.25) is 11.8 Å². The Morgan fingerprint density at radius 3 is 2.76 bits per heavy atom. The molecule has 2 aromatic carbocycles. The lowest BCUT2D eigenvalue weighted by atomic mass is 9.96. The highest BCUT2D eigenvalue weighted by Crippen LogP contribution is 2.32. The molecule has 3 heterocycles. The SMILES string of the molecule is O=C(Nc1nc(-c2ccc3c(c2)CCO3)cs1)C1CCN(C(=O)/C=C/c2ccccc2)CC1. The van der Waals surface area contributed by atoms with E-state index in [0.29, 0.717) is 31.1 Å². The normalized spacial score (nSPS) is 15.9. The minimum atomic E-state index is -0.114. The van der Waals surface area contributed by atoms with Crippen molar-refractivity contribution in [1.29, 1.82) is 0 Å². The lowest BCUT2D eigenvalue weighted by molar-refractivity contribution is -0.130. The number of carbonyl (C=O) groups excluding carboxylic acids is 2. The molecule has 2 aliphatic heterocycles. The molecular formula is C26H25N3O3S. The van der Waals surface area contributed by atoms with Crippen molar-refractivity contribution < 1.29 is 14.3 Å². The number of anilines is 1. The van der Waals surface area contributed by atoms with Gasteiger partial charge in [0.1, 0.15) is 5.75 Å². The van der Waals surface area contributed by atoms with Gasteiger partial charge in [0.05, 0.1) is 12.3 Å². The number of amides is 2. The van der Waals surface area contributed by atoms with Crippen molar-refractivity contribution in [3.63, 3.8) is 0 Å². The fourth-order valence-corrected chi connectivity index (χ4v) is 4.94. The molecule has 2 amide bonds. The summed E-state index contributed by atoms with van der Waals surface area (Å²) in [5.41, 5.74) is 4.09. The van der Waals surface area contributed by atoms with E-state index in [0.717, 1.165) is 35.6 Å². The smallest absolute Gasteiger partial charge is 0.246 e. The summed E-state index contributed by atoms with van der Waals surface area (Å²) in [4.78, 5) is 31.7. The summed E-state index contributed by atoms with van der Waals surface area (Å²) in [5.74, 6) is 0.798. The molecule has 0 bridgehead atoms. The Hall–Kier alpha value is -3.45. The fraction of sp³-hybridized carbons (Fsp3) is 0.269. The molecule has 7 heteroatoms. The predicted molar refractivity (Wildman–Crippen MR) is 130 cm³/mol. The zero-order valence-electron chi connectivity index (χ0n) is 18.2. The topological polar surface area (TPSA) is 71.5 Å². The number of ether oxygens (including phenoxy) is 1. The molecule has 0 unspecified atom stereocenters. The number of hydrogen-bond acceptors (Lipinski definition) is 5. The van der Waals surface area contributed by atoms with E-state index in [2.05, 4.69) is 16.4 Å². The first kappa shape index (κ1) is 21.4. The minimum Gasteiger partial charge on any atom is -0.493 e. The van der Waals surface area contributed by atoms with Gasteiger partial charge in [-0.15, -0.1) is 11.3 Å². The second-order valence-electron chi connectivity index (χ2n) is 8.29. The van der Waals surface area contributed by atoms with Crippen molar-refractivity contribution in [3.05, 3.63) is 71.1 Å². The molecule has 168 valence electrons. The van der Waals surface area contributed by atoms with Crippen LogP contribution in [0.2, 0.25) is 0 Å². The van der Waals surface area contributed by atoms with Crippen LogP contribution in [0.1, 0.15) is 24.0 Å². The third-order valence-electron chi connectivity index (χ3n) is 6.11. The highest BCUT2D eigenvalue weighted by atomic mass is 32.1. The van der Waals surface area contributed by atoms with Crippen LogP contribution >= 0.6 is 11.3 Å². The van der Waals surface area contributed by atoms with Crippen molar-refractivity contribution >= 4 is 34.4 Å². The molecule has 0 radical (unpaired) electrons. The molecule has 3 aromatic rings. The van der Waals surface area contributed by atoms with Crippen LogP contribution in [0, 0.1) is 5.92 Å². The van der Waals surface area contributed by atoms with Gasteiger partial charge in [0, 0.05) is 42.4 Å². The fourth-order valence-electron chi connectivity index (χ4n) is 4.22. The van der Waals surface area contributed by atoms with E-state index in [1.807, 2.05) is 58.8 Å². The van der Waals surface area contributed by atoms with Crippen molar-refractivity contribution in [2.45, 2.75) is 19.3 Å². The van der Waals surface area contributed by atoms with Gasteiger partial charge in [-0.25, -0.2) is 4.98 Å². The van der Waals surface area contributed by atoms with Gasteiger partial charge in [0.25, 0.3) is 0 Å². The molecule has 5 rings (SSSR count). The lowest BCUT2D eigenvalue weighted by Crippen LogP contribution is -2.40. The van der Waals surface area contributed by atoms with Gasteiger partial charge in [-0.3, -0.25) is 9.59 Å². The number of nitrogens with zero attached hydrogens (tertiary/aromatic N) is 2. The van der Waals surface area contributed by atoms with Crippen LogP contribution in [-0.4, -0.2) is 41.4 Å². The Labute approximate surface area is 196 Å². The highest BCUT2D eigenvalue weighted by molar-refractivity contribution is 7.14. The monoisotopic (exact) mass is 459 g/mol. The largest absolute Gasteiger partial charge is 0.493 e. The Bertz CT molecular complexity index is 1180. The summed E-state index contributed by atoms with van der Waals surface area (Å²) >= 11 is 1.43. The first-order valence-electron chi connectivity index (χ1n) is 11.2. The van der Waals surface area contributed by atoms with Crippen LogP contribution in [-0.2, 0) is 16.0 Å². The summed E-state index contributed by atoms with van der Waals surface area (Å²) in [6, 6.07) is 15.9. The maximum atomic E-state index is 12.8. The molecule has 2 aliphatic rings. The van der Waals surface area contributed by atoms with Crippen molar-refractivity contribution in [2.24, 2.45) is 5.92 Å². The zero-order chi connectivity index (χ0) is 22.6. The number of aromatic nitrogens is 1. The number of likely N-dealkylation sites (tertiary alicyclic amines) is 1. The molecule has 1 N–H and O–H groups in total. The molecule has 1 saturated heterocycles. The van der Waals surface area contributed by atoms with Crippen LogP contribution in [0.5, 0.6) is 5.75 Å². The molecular weight excluding hydrogens is 434 g/mol. The number of nitrogens with one attached hydrogen (secondary N) is 1. The number of carbonyl (C=O) groups is 2. The Balaban J connectivity index is 1.14. The van der Waals surface area contributed by atoms with E-state index in [1.165, 1.54) is 16.9 Å². The number of fused-ring (bicyclic) bond motifs is 1. The van der Waals surface area contributed by atoms with Crippen LogP contribution in [0.3, 0.4) is 0 Å². The van der Waals surface area contributed by atoms with E-state index >= 15 is 0 Å². The second-order valence-corrected chi connectivity index (χ2v) is 9.15. The molecule has 1 aromatic heterocycles. The third-order valence-corrected chi connectivity index (χ3v) is 6.87. The quantitative estimate of drug-likeness (QED) is 0.565. The van der Waals surface area contributed by atoms with E-state index in [-0.39, 0.29) is 17.7 Å². The number of piperidine rings is 1. The van der Waals surface area contributed by atoms with Gasteiger partial charge in [-0.05, 0) is 48.2 Å². The van der Waals surface area contributed by atoms with Gasteiger partial charge in [-0.2, -0.15) is 0 Å². The first-order chi connectivity index (χ1) is 16.2. The summed E-state index contributed by atoms with van der Waals surface area (Å²) in [6.07, 6.45) is 5.66. The summed E-state index contributed by atoms with van der Waals surface area (Å²) in [5, 5.41) is 5.54. The van der Waals surface area contributed by atoms with E-state index in [9.17, 15) is 9.59 Å². The van der Waals surface area contributed by atoms with E-state index in [1.54, 1.807) is 6.08 Å². The Kier molecular flexibility index (Phi) is 6.21. The Morgan fingerprint density at radius 2 is 1.94 bits per heavy atom. The van der Waals surface area contributed by atoms with Crippen LogP contribution in [0.15, 0.2) is 60.0 Å². The average Bonchev–Trinajstić information content (AvgIpc) is 3.52. The lowest BCUT2D eigenvalue weighted by Gasteiger charge is -2.30. The van der Waals surface area contributed by atoms with Crippen molar-refractivity contribution in [1.82, 2.24) is 9.88 Å². The summed E-state index contributed by atoms with van der Waals surface area (Å²) < 4.78 is 5.57. The number of thiazole rings is 1. The maximum Gasteiger partial charge on any atom is 0.246 e. The molecule has 6 nitrogen and oxygen atoms in total. The molecule has 0 aliphatic carbocycles. The van der Waals surface area contributed by atoms with Crippen molar-refractivity contribution in [3.8, 4) is 17.0 Å². The Morgan fingerprint density at radius 1 is 1.12 bits per heavy atom. The molecule has 33 heavy (non-hydrogen) atoms. The average molecular weight is 460 g/mol. The van der Waals surface area contributed by atoms with E-state index < -0.39 is 0 Å². The minimum absolute atomic E-state index is 0.0120. The summed E-state index contributed by atoms with van der Waals surface area (Å²) in [7, 11) is 0. The van der Waals surface area contributed by atoms with Crippen LogP contribution in [0.4, 0.5) is 5.13 Å². The van der Waals surface area contributed by atoms with Gasteiger partial charge in [-0.1, -0.05) is 30.3 Å². The van der Waals surface area contributed by atoms with Gasteiger partial charge < -0.3 is 15.0 Å². The molecule has 0 atom stereocenters. The van der Waals surface area contributed by atoms with E-state index in [4.69, 9.17) is 4.74 Å². The second kappa shape index (κ2) is 9.58. The third kappa shape index (κ3) is 4.98. The number of benzene rings is 2. The van der Waals surface area contributed by atoms with Gasteiger partial charge >= 0.3 is 0 Å². The molecule has 0 saturated carbocycles. The highest BCUT2D eigenvalue weighted by Gasteiger charge is 2.27. The maximum absolute atomic E-state index is 12.8. The zero-order valence-corrected chi connectivity index (χ0v) is 19.0. The first-order valence-corrected chi connectivity index (χ1v) is 12.1. The number of rotatable bonds is 5. The molecule has 0 spiro atoms. The summed E-state index contributed by atoms with van der Waals surface area (Å²) in [6.45, 7) is 1.89. The van der Waals surface area contributed by atoms with Crippen LogP contribution < -0.4 is 10.1 Å². The van der Waals surface area contributed by atoms with Gasteiger partial charge in [0.15, 0.2) is 5.13 Å². The molecule has 1 fully saturated rings. The standard InChI is InChI=1S/C26H25N3O3S/c30-24(9-6-18-4-2-1-3-5-18)29-13-10-19(11-14-29)25(31)28-26-27-22(17-33-26)20-7-8-23-21(16-20)12-15-32-23/h1-9,16-17,19H,10-15H2,(H,27,28,31)/b9-6+. The predicted octanol–water partition coefficient (Wildman–Crippen LogP) is 4.64. The number of hydrogen-bond donors (Lipinski definition) is 1. The van der Waals surface area contributed by atoms with Crippen molar-refractivity contribution in [2.75, 3.05) is 25.0 Å². The van der Waals surface area contributed by atoms with Crippen LogP contribution in [0.25, 0.3) is 17.3 Å².